The van der Waals surface area contributed by atoms with Crippen LogP contribution in [0.25, 0.3) is 0 Å². The number of aliphatic hydroxyl groups is 1. The molecule has 1 aromatic rings. The lowest BCUT2D eigenvalue weighted by atomic mass is 9.92. The molecule has 2 atom stereocenters. The van der Waals surface area contributed by atoms with Crippen molar-refractivity contribution in [2.24, 2.45) is 7.05 Å². The van der Waals surface area contributed by atoms with Crippen LogP contribution in [-0.2, 0) is 13.5 Å². The molecule has 0 radical (unpaired) electrons. The number of rotatable bonds is 2. The quantitative estimate of drug-likeness (QED) is 0.782. The van der Waals surface area contributed by atoms with E-state index in [1.807, 2.05) is 25.0 Å². The van der Waals surface area contributed by atoms with Crippen molar-refractivity contribution in [3.05, 3.63) is 11.9 Å². The van der Waals surface area contributed by atoms with E-state index < -0.39 is 5.60 Å². The molecule has 0 aromatic carbocycles. The molecule has 1 fully saturated rings. The van der Waals surface area contributed by atoms with E-state index >= 15 is 0 Å². The summed E-state index contributed by atoms with van der Waals surface area (Å²) in [6.07, 6.45) is 3.35. The van der Waals surface area contributed by atoms with E-state index in [4.69, 9.17) is 0 Å². The number of aryl methyl sites for hydroxylation is 1. The second-order valence-corrected chi connectivity index (χ2v) is 5.38. The standard InChI is InChI=1S/C9H15N3OS/c1-7-9(13,3-4-14-7)5-8-6-12(2)11-10-8/h6-7,13H,3-5H2,1-2H3. The Morgan fingerprint density at radius 2 is 2.57 bits per heavy atom. The zero-order valence-electron chi connectivity index (χ0n) is 8.47. The molecule has 5 heteroatoms. The molecule has 0 amide bonds. The first kappa shape index (κ1) is 9.98. The Bertz CT molecular complexity index is 328. The minimum Gasteiger partial charge on any atom is -0.388 e. The molecular weight excluding hydrogens is 198 g/mol. The van der Waals surface area contributed by atoms with Crippen molar-refractivity contribution in [2.45, 2.75) is 30.6 Å². The lowest BCUT2D eigenvalue weighted by Crippen LogP contribution is -2.37. The van der Waals surface area contributed by atoms with Crippen LogP contribution in [0.4, 0.5) is 0 Å². The van der Waals surface area contributed by atoms with Gasteiger partial charge in [0.15, 0.2) is 0 Å². The third-order valence-corrected chi connectivity index (χ3v) is 4.18. The van der Waals surface area contributed by atoms with Crippen LogP contribution in [0.15, 0.2) is 6.20 Å². The summed E-state index contributed by atoms with van der Waals surface area (Å²) in [4.78, 5) is 0. The van der Waals surface area contributed by atoms with Gasteiger partial charge in [0.1, 0.15) is 0 Å². The van der Waals surface area contributed by atoms with Gasteiger partial charge in [0.05, 0.1) is 11.3 Å². The van der Waals surface area contributed by atoms with Gasteiger partial charge in [-0.2, -0.15) is 11.8 Å². The van der Waals surface area contributed by atoms with Crippen LogP contribution < -0.4 is 0 Å². The average molecular weight is 213 g/mol. The molecule has 4 nitrogen and oxygen atoms in total. The van der Waals surface area contributed by atoms with Crippen LogP contribution in [0.1, 0.15) is 19.0 Å². The van der Waals surface area contributed by atoms with Gasteiger partial charge in [-0.05, 0) is 12.2 Å². The van der Waals surface area contributed by atoms with Crippen molar-refractivity contribution in [1.29, 1.82) is 0 Å². The maximum Gasteiger partial charge on any atom is 0.0856 e. The van der Waals surface area contributed by atoms with E-state index in [0.717, 1.165) is 17.9 Å². The van der Waals surface area contributed by atoms with E-state index in [9.17, 15) is 5.11 Å². The molecule has 0 bridgehead atoms. The third kappa shape index (κ3) is 1.79. The Morgan fingerprint density at radius 1 is 1.79 bits per heavy atom. The molecule has 0 saturated carbocycles. The Balaban J connectivity index is 2.10. The van der Waals surface area contributed by atoms with Gasteiger partial charge in [-0.3, -0.25) is 4.68 Å². The van der Waals surface area contributed by atoms with Crippen molar-refractivity contribution < 1.29 is 5.11 Å². The summed E-state index contributed by atoms with van der Waals surface area (Å²) >= 11 is 1.83. The van der Waals surface area contributed by atoms with Gasteiger partial charge in [-0.1, -0.05) is 12.1 Å². The van der Waals surface area contributed by atoms with Crippen molar-refractivity contribution in [3.63, 3.8) is 0 Å². The Labute approximate surface area is 87.7 Å². The monoisotopic (exact) mass is 213 g/mol. The van der Waals surface area contributed by atoms with E-state index in [1.165, 1.54) is 0 Å². The zero-order valence-corrected chi connectivity index (χ0v) is 9.29. The lowest BCUT2D eigenvalue weighted by Gasteiger charge is -2.25. The zero-order chi connectivity index (χ0) is 10.2. The van der Waals surface area contributed by atoms with Gasteiger partial charge in [0.25, 0.3) is 0 Å². The van der Waals surface area contributed by atoms with Gasteiger partial charge in [0, 0.05) is 24.9 Å². The molecule has 2 rings (SSSR count). The fourth-order valence-corrected chi connectivity index (χ4v) is 3.13. The summed E-state index contributed by atoms with van der Waals surface area (Å²) in [5.41, 5.74) is 0.296. The molecule has 2 heterocycles. The Hall–Kier alpha value is -0.550. The molecule has 1 saturated heterocycles. The van der Waals surface area contributed by atoms with Crippen molar-refractivity contribution in [2.75, 3.05) is 5.75 Å². The van der Waals surface area contributed by atoms with Crippen LogP contribution in [0, 0.1) is 0 Å². The molecule has 0 spiro atoms. The Kier molecular flexibility index (Phi) is 2.53. The maximum absolute atomic E-state index is 10.3. The van der Waals surface area contributed by atoms with Crippen molar-refractivity contribution in [3.8, 4) is 0 Å². The predicted octanol–water partition coefficient (Wildman–Crippen LogP) is 0.614. The predicted molar refractivity (Wildman–Crippen MR) is 56.2 cm³/mol. The van der Waals surface area contributed by atoms with E-state index in [2.05, 4.69) is 17.2 Å². The fourth-order valence-electron chi connectivity index (χ4n) is 1.79. The lowest BCUT2D eigenvalue weighted by molar-refractivity contribution is 0.0454. The summed E-state index contributed by atoms with van der Waals surface area (Å²) in [6.45, 7) is 2.08. The summed E-state index contributed by atoms with van der Waals surface area (Å²) in [7, 11) is 1.84. The molecule has 78 valence electrons. The topological polar surface area (TPSA) is 50.9 Å². The molecule has 0 aliphatic carbocycles. The third-order valence-electron chi connectivity index (χ3n) is 2.80. The largest absolute Gasteiger partial charge is 0.388 e. The van der Waals surface area contributed by atoms with Crippen LogP contribution in [0.3, 0.4) is 0 Å². The second kappa shape index (κ2) is 3.55. The minimum absolute atomic E-state index is 0.296. The van der Waals surface area contributed by atoms with Gasteiger partial charge < -0.3 is 5.11 Å². The molecule has 14 heavy (non-hydrogen) atoms. The first-order valence-corrected chi connectivity index (χ1v) is 5.84. The molecule has 1 aromatic heterocycles. The first-order valence-electron chi connectivity index (χ1n) is 4.79. The van der Waals surface area contributed by atoms with E-state index in [-0.39, 0.29) is 0 Å². The van der Waals surface area contributed by atoms with Gasteiger partial charge in [-0.25, -0.2) is 0 Å². The summed E-state index contributed by atoms with van der Waals surface area (Å²) in [6, 6.07) is 0. The smallest absolute Gasteiger partial charge is 0.0856 e. The van der Waals surface area contributed by atoms with Gasteiger partial charge >= 0.3 is 0 Å². The normalized spacial score (nSPS) is 32.4. The van der Waals surface area contributed by atoms with Gasteiger partial charge in [-0.15, -0.1) is 5.10 Å². The van der Waals surface area contributed by atoms with Gasteiger partial charge in [0.2, 0.25) is 0 Å². The summed E-state index contributed by atoms with van der Waals surface area (Å²) < 4.78 is 1.67. The molecule has 2 unspecified atom stereocenters. The first-order chi connectivity index (χ1) is 6.60. The molecule has 1 aliphatic heterocycles. The van der Waals surface area contributed by atoms with Crippen LogP contribution >= 0.6 is 11.8 Å². The molecule has 1 aliphatic rings. The number of thioether (sulfide) groups is 1. The highest BCUT2D eigenvalue weighted by Crippen LogP contribution is 2.37. The highest BCUT2D eigenvalue weighted by Gasteiger charge is 2.39. The highest BCUT2D eigenvalue weighted by molar-refractivity contribution is 8.00. The molecule has 1 N–H and O–H groups in total. The number of hydrogen-bond acceptors (Lipinski definition) is 4. The maximum atomic E-state index is 10.3. The molecular formula is C9H15N3OS. The van der Waals surface area contributed by atoms with E-state index in [1.54, 1.807) is 4.68 Å². The van der Waals surface area contributed by atoms with Crippen LogP contribution in [-0.4, -0.2) is 36.7 Å². The number of nitrogens with zero attached hydrogens (tertiary/aromatic N) is 3. The summed E-state index contributed by atoms with van der Waals surface area (Å²) in [5, 5.41) is 18.5. The van der Waals surface area contributed by atoms with Crippen LogP contribution in [0.5, 0.6) is 0 Å². The van der Waals surface area contributed by atoms with Crippen molar-refractivity contribution >= 4 is 11.8 Å². The Morgan fingerprint density at radius 3 is 3.07 bits per heavy atom. The number of hydrogen-bond donors (Lipinski definition) is 1. The number of aromatic nitrogens is 3. The van der Waals surface area contributed by atoms with Crippen LogP contribution in [0.2, 0.25) is 0 Å². The minimum atomic E-state index is -0.583. The second-order valence-electron chi connectivity index (χ2n) is 3.93. The van der Waals surface area contributed by atoms with E-state index in [0.29, 0.717) is 11.7 Å². The summed E-state index contributed by atoms with van der Waals surface area (Å²) in [5.74, 6) is 1.04. The fraction of sp³-hybridized carbons (Fsp3) is 0.778. The average Bonchev–Trinajstić information content (AvgIpc) is 2.62. The highest BCUT2D eigenvalue weighted by atomic mass is 32.2. The van der Waals surface area contributed by atoms with Crippen molar-refractivity contribution in [1.82, 2.24) is 15.0 Å². The SMILES string of the molecule is CC1SCCC1(O)Cc1cn(C)nn1.